The second-order valence-electron chi connectivity index (χ2n) is 4.33. The number of hydrogen-bond donors (Lipinski definition) is 2. The minimum absolute atomic E-state index is 0.0803. The Morgan fingerprint density at radius 2 is 2.21 bits per heavy atom. The topological polar surface area (TPSA) is 79.4 Å². The van der Waals surface area contributed by atoms with Crippen molar-refractivity contribution in [2.24, 2.45) is 0 Å². The van der Waals surface area contributed by atoms with E-state index in [0.29, 0.717) is 17.5 Å². The average molecular weight is 265 g/mol. The van der Waals surface area contributed by atoms with Gasteiger partial charge in [0.05, 0.1) is 13.7 Å². The minimum atomic E-state index is 0.0803. The summed E-state index contributed by atoms with van der Waals surface area (Å²) in [5, 5.41) is 6.23. The fourth-order valence-corrected chi connectivity index (χ4v) is 1.93. The van der Waals surface area contributed by atoms with Crippen LogP contribution in [0.4, 0.5) is 5.82 Å². The van der Waals surface area contributed by atoms with Crippen LogP contribution in [0.1, 0.15) is 5.82 Å². The summed E-state index contributed by atoms with van der Waals surface area (Å²) in [6.07, 6.45) is 0. The molecule has 1 aromatic rings. The second kappa shape index (κ2) is 6.33. The molecule has 0 aliphatic carbocycles. The van der Waals surface area contributed by atoms with Crippen molar-refractivity contribution in [2.75, 3.05) is 45.2 Å². The predicted octanol–water partition coefficient (Wildman–Crippen LogP) is -0.363. The zero-order chi connectivity index (χ0) is 13.7. The molecule has 2 heterocycles. The van der Waals surface area contributed by atoms with Crippen LogP contribution in [0.5, 0.6) is 5.88 Å². The Morgan fingerprint density at radius 3 is 2.89 bits per heavy atom. The third-order valence-electron chi connectivity index (χ3n) is 2.91. The lowest BCUT2D eigenvalue weighted by molar-refractivity contribution is -0.129. The lowest BCUT2D eigenvalue weighted by atomic mass is 10.3. The molecule has 0 aromatic carbocycles. The number of carbonyl (C=O) groups is 1. The zero-order valence-corrected chi connectivity index (χ0v) is 11.3. The first-order chi connectivity index (χ1) is 9.19. The molecule has 0 radical (unpaired) electrons. The fraction of sp³-hybridized carbons (Fsp3) is 0.583. The molecule has 1 aliphatic rings. The summed E-state index contributed by atoms with van der Waals surface area (Å²) < 4.78 is 5.06. The van der Waals surface area contributed by atoms with Crippen LogP contribution in [0.15, 0.2) is 6.07 Å². The number of methoxy groups -OCH3 is 1. The molecule has 1 aliphatic heterocycles. The molecule has 1 amide bonds. The van der Waals surface area contributed by atoms with E-state index in [9.17, 15) is 4.79 Å². The van der Waals surface area contributed by atoms with Gasteiger partial charge >= 0.3 is 0 Å². The lowest BCUT2D eigenvalue weighted by Crippen LogP contribution is -2.48. The van der Waals surface area contributed by atoms with Crippen molar-refractivity contribution >= 4 is 11.7 Å². The van der Waals surface area contributed by atoms with Gasteiger partial charge in [-0.05, 0) is 6.92 Å². The molecule has 7 nitrogen and oxygen atoms in total. The van der Waals surface area contributed by atoms with Crippen molar-refractivity contribution in [1.82, 2.24) is 20.2 Å². The smallest absolute Gasteiger partial charge is 0.242 e. The summed E-state index contributed by atoms with van der Waals surface area (Å²) in [4.78, 5) is 22.1. The number of amides is 1. The van der Waals surface area contributed by atoms with Crippen LogP contribution in [0.25, 0.3) is 0 Å². The average Bonchev–Trinajstić information content (AvgIpc) is 2.45. The van der Waals surface area contributed by atoms with Gasteiger partial charge in [-0.15, -0.1) is 0 Å². The van der Waals surface area contributed by atoms with Crippen LogP contribution >= 0.6 is 0 Å². The SMILES string of the molecule is COc1cc(NCC(=O)N2CCNCC2)nc(C)n1. The largest absolute Gasteiger partial charge is 0.481 e. The Bertz CT molecular complexity index is 446. The first-order valence-electron chi connectivity index (χ1n) is 6.31. The number of aryl methyl sites for hydroxylation is 1. The minimum Gasteiger partial charge on any atom is -0.481 e. The molecule has 19 heavy (non-hydrogen) atoms. The first-order valence-corrected chi connectivity index (χ1v) is 6.31. The molecule has 0 unspecified atom stereocenters. The van der Waals surface area contributed by atoms with Crippen molar-refractivity contribution in [3.63, 3.8) is 0 Å². The van der Waals surface area contributed by atoms with Gasteiger partial charge in [0, 0.05) is 32.2 Å². The number of carbonyl (C=O) groups excluding carboxylic acids is 1. The van der Waals surface area contributed by atoms with E-state index in [2.05, 4.69) is 20.6 Å². The van der Waals surface area contributed by atoms with Crippen molar-refractivity contribution < 1.29 is 9.53 Å². The van der Waals surface area contributed by atoms with Crippen molar-refractivity contribution in [3.05, 3.63) is 11.9 Å². The number of aromatic nitrogens is 2. The molecule has 1 saturated heterocycles. The number of hydrogen-bond acceptors (Lipinski definition) is 6. The highest BCUT2D eigenvalue weighted by Crippen LogP contribution is 2.12. The number of nitrogens with zero attached hydrogens (tertiary/aromatic N) is 3. The van der Waals surface area contributed by atoms with Crippen molar-refractivity contribution in [2.45, 2.75) is 6.92 Å². The van der Waals surface area contributed by atoms with Gasteiger partial charge in [0.25, 0.3) is 0 Å². The van der Waals surface area contributed by atoms with Gasteiger partial charge in [0.15, 0.2) is 0 Å². The highest BCUT2D eigenvalue weighted by molar-refractivity contribution is 5.80. The van der Waals surface area contributed by atoms with Gasteiger partial charge in [-0.25, -0.2) is 4.98 Å². The van der Waals surface area contributed by atoms with Gasteiger partial charge in [-0.3, -0.25) is 4.79 Å². The Morgan fingerprint density at radius 1 is 1.47 bits per heavy atom. The monoisotopic (exact) mass is 265 g/mol. The molecule has 1 fully saturated rings. The van der Waals surface area contributed by atoms with Crippen LogP contribution in [-0.2, 0) is 4.79 Å². The van der Waals surface area contributed by atoms with E-state index in [1.165, 1.54) is 0 Å². The number of anilines is 1. The Labute approximate surface area is 112 Å². The summed E-state index contributed by atoms with van der Waals surface area (Å²) in [7, 11) is 1.55. The van der Waals surface area contributed by atoms with Crippen molar-refractivity contribution in [1.29, 1.82) is 0 Å². The maximum absolute atomic E-state index is 12.0. The van der Waals surface area contributed by atoms with Gasteiger partial charge in [0.1, 0.15) is 11.6 Å². The van der Waals surface area contributed by atoms with Gasteiger partial charge in [-0.2, -0.15) is 4.98 Å². The molecule has 0 spiro atoms. The molecule has 7 heteroatoms. The molecule has 2 N–H and O–H groups in total. The molecule has 0 atom stereocenters. The standard InChI is InChI=1S/C12H19N5O2/c1-9-15-10(7-11(16-9)19-2)14-8-12(18)17-5-3-13-4-6-17/h7,13H,3-6,8H2,1-2H3,(H,14,15,16). The molecular weight excluding hydrogens is 246 g/mol. The maximum Gasteiger partial charge on any atom is 0.242 e. The number of ether oxygens (including phenoxy) is 1. The predicted molar refractivity (Wildman–Crippen MR) is 71.3 cm³/mol. The Hall–Kier alpha value is -1.89. The third-order valence-corrected chi connectivity index (χ3v) is 2.91. The second-order valence-corrected chi connectivity index (χ2v) is 4.33. The third kappa shape index (κ3) is 3.78. The van der Waals surface area contributed by atoms with E-state index in [4.69, 9.17) is 4.74 Å². The lowest BCUT2D eigenvalue weighted by Gasteiger charge is -2.27. The van der Waals surface area contributed by atoms with Gasteiger partial charge < -0.3 is 20.3 Å². The van der Waals surface area contributed by atoms with Crippen LogP contribution in [0, 0.1) is 6.92 Å². The summed E-state index contributed by atoms with van der Waals surface area (Å²) in [6, 6.07) is 1.68. The highest BCUT2D eigenvalue weighted by atomic mass is 16.5. The van der Waals surface area contributed by atoms with E-state index >= 15 is 0 Å². The number of nitrogens with one attached hydrogen (secondary N) is 2. The zero-order valence-electron chi connectivity index (χ0n) is 11.3. The van der Waals surface area contributed by atoms with Crippen LogP contribution in [0.3, 0.4) is 0 Å². The fourth-order valence-electron chi connectivity index (χ4n) is 1.93. The van der Waals surface area contributed by atoms with Crippen LogP contribution < -0.4 is 15.4 Å². The van der Waals surface area contributed by atoms with E-state index in [1.807, 2.05) is 4.90 Å². The van der Waals surface area contributed by atoms with E-state index in [0.717, 1.165) is 26.2 Å². The molecule has 104 valence electrons. The first kappa shape index (κ1) is 13.5. The summed E-state index contributed by atoms with van der Waals surface area (Å²) in [6.45, 7) is 5.24. The Kier molecular flexibility index (Phi) is 4.51. The van der Waals surface area contributed by atoms with E-state index < -0.39 is 0 Å². The highest BCUT2D eigenvalue weighted by Gasteiger charge is 2.15. The molecular formula is C12H19N5O2. The molecule has 0 saturated carbocycles. The summed E-state index contributed by atoms with van der Waals surface area (Å²) in [5.74, 6) is 1.78. The van der Waals surface area contributed by atoms with Crippen molar-refractivity contribution in [3.8, 4) is 5.88 Å². The molecule has 0 bridgehead atoms. The molecule has 2 rings (SSSR count). The molecule has 1 aromatic heterocycles. The number of piperazine rings is 1. The normalized spacial score (nSPS) is 15.2. The van der Waals surface area contributed by atoms with Crippen LogP contribution in [-0.4, -0.2) is 60.6 Å². The maximum atomic E-state index is 12.0. The quantitative estimate of drug-likeness (QED) is 0.774. The summed E-state index contributed by atoms with van der Waals surface area (Å²) in [5.41, 5.74) is 0. The van der Waals surface area contributed by atoms with E-state index in [-0.39, 0.29) is 12.5 Å². The van der Waals surface area contributed by atoms with Gasteiger partial charge in [-0.1, -0.05) is 0 Å². The van der Waals surface area contributed by atoms with E-state index in [1.54, 1.807) is 20.1 Å². The summed E-state index contributed by atoms with van der Waals surface area (Å²) >= 11 is 0. The van der Waals surface area contributed by atoms with Gasteiger partial charge in [0.2, 0.25) is 11.8 Å². The number of rotatable bonds is 4. The Balaban J connectivity index is 1.90. The van der Waals surface area contributed by atoms with Crippen LogP contribution in [0.2, 0.25) is 0 Å².